The SMILES string of the molecule is O=C1[C@@H]2[C@@H](C(=O)N1c1ccn(Cc3c(Cl)cccc3Cl)n1)[C@H]1CC[C@@H]2O1. The third kappa shape index (κ3) is 2.25. The largest absolute Gasteiger partial charge is 0.373 e. The maximum Gasteiger partial charge on any atom is 0.241 e. The molecule has 0 aliphatic carbocycles. The molecular weight excluding hydrogens is 377 g/mol. The van der Waals surface area contributed by atoms with Gasteiger partial charge in [-0.1, -0.05) is 29.3 Å². The van der Waals surface area contributed by atoms with Crippen LogP contribution in [0, 0.1) is 11.8 Å². The lowest BCUT2D eigenvalue weighted by molar-refractivity contribution is -0.124. The van der Waals surface area contributed by atoms with Crippen molar-refractivity contribution in [2.24, 2.45) is 11.8 Å². The van der Waals surface area contributed by atoms with Crippen LogP contribution < -0.4 is 4.90 Å². The van der Waals surface area contributed by atoms with E-state index in [-0.39, 0.29) is 35.9 Å². The first kappa shape index (κ1) is 16.3. The molecule has 2 bridgehead atoms. The van der Waals surface area contributed by atoms with Gasteiger partial charge in [-0.2, -0.15) is 5.10 Å². The van der Waals surface area contributed by atoms with Gasteiger partial charge in [0.25, 0.3) is 0 Å². The molecule has 6 nitrogen and oxygen atoms in total. The predicted octanol–water partition coefficient (Wildman–Crippen LogP) is 2.91. The third-order valence-corrected chi connectivity index (χ3v) is 6.23. The number of ether oxygens (including phenoxy) is 1. The summed E-state index contributed by atoms with van der Waals surface area (Å²) in [7, 11) is 0. The number of carbonyl (C=O) groups is 2. The number of amides is 2. The normalized spacial score (nSPS) is 29.7. The quantitative estimate of drug-likeness (QED) is 0.754. The fourth-order valence-corrected chi connectivity index (χ4v) is 4.86. The van der Waals surface area contributed by atoms with E-state index in [0.717, 1.165) is 18.4 Å². The number of imide groups is 1. The smallest absolute Gasteiger partial charge is 0.241 e. The van der Waals surface area contributed by atoms with Gasteiger partial charge in [0.05, 0.1) is 30.6 Å². The molecule has 1 aromatic carbocycles. The second-order valence-electron chi connectivity index (χ2n) is 6.93. The topological polar surface area (TPSA) is 64.4 Å². The van der Waals surface area contributed by atoms with Gasteiger partial charge in [-0.25, -0.2) is 4.90 Å². The van der Waals surface area contributed by atoms with Gasteiger partial charge in [0, 0.05) is 27.9 Å². The molecule has 0 unspecified atom stereocenters. The highest BCUT2D eigenvalue weighted by Gasteiger charge is 2.63. The average Bonchev–Trinajstić information content (AvgIpc) is 3.36. The Morgan fingerprint density at radius 2 is 1.65 bits per heavy atom. The van der Waals surface area contributed by atoms with Gasteiger partial charge in [0.1, 0.15) is 0 Å². The average molecular weight is 392 g/mol. The highest BCUT2D eigenvalue weighted by atomic mass is 35.5. The minimum Gasteiger partial charge on any atom is -0.373 e. The molecule has 4 atom stereocenters. The highest BCUT2D eigenvalue weighted by Crippen LogP contribution is 2.49. The van der Waals surface area contributed by atoms with Crippen molar-refractivity contribution < 1.29 is 14.3 Å². The van der Waals surface area contributed by atoms with E-state index in [4.69, 9.17) is 27.9 Å². The number of aromatic nitrogens is 2. The van der Waals surface area contributed by atoms with Crippen molar-refractivity contribution in [1.82, 2.24) is 9.78 Å². The molecule has 0 radical (unpaired) electrons. The molecule has 3 fully saturated rings. The van der Waals surface area contributed by atoms with Gasteiger partial charge in [0.2, 0.25) is 11.8 Å². The fourth-order valence-electron chi connectivity index (χ4n) is 4.34. The Labute approximate surface area is 159 Å². The van der Waals surface area contributed by atoms with Gasteiger partial charge >= 0.3 is 0 Å². The molecule has 4 heterocycles. The summed E-state index contributed by atoms with van der Waals surface area (Å²) in [4.78, 5) is 26.8. The van der Waals surface area contributed by atoms with E-state index < -0.39 is 0 Å². The third-order valence-electron chi connectivity index (χ3n) is 5.52. The number of hydrogen-bond donors (Lipinski definition) is 0. The number of nitrogens with zero attached hydrogens (tertiary/aromatic N) is 3. The number of fused-ring (bicyclic) bond motifs is 5. The molecule has 26 heavy (non-hydrogen) atoms. The molecule has 134 valence electrons. The molecule has 1 aromatic heterocycles. The van der Waals surface area contributed by atoms with Gasteiger partial charge in [0.15, 0.2) is 5.82 Å². The van der Waals surface area contributed by atoms with Gasteiger partial charge in [-0.05, 0) is 25.0 Å². The molecule has 0 N–H and O–H groups in total. The van der Waals surface area contributed by atoms with E-state index in [0.29, 0.717) is 22.4 Å². The molecular formula is C18H15Cl2N3O3. The molecule has 2 amide bonds. The Morgan fingerprint density at radius 3 is 2.27 bits per heavy atom. The van der Waals surface area contributed by atoms with E-state index in [1.54, 1.807) is 35.1 Å². The summed E-state index contributed by atoms with van der Waals surface area (Å²) in [6.45, 7) is 0.357. The lowest BCUT2D eigenvalue weighted by atomic mass is 9.81. The van der Waals surface area contributed by atoms with Crippen molar-refractivity contribution in [2.45, 2.75) is 31.6 Å². The number of carbonyl (C=O) groups excluding carboxylic acids is 2. The molecule has 3 aliphatic rings. The molecule has 3 saturated heterocycles. The summed E-state index contributed by atoms with van der Waals surface area (Å²) in [6, 6.07) is 6.97. The minimum absolute atomic E-state index is 0.129. The first-order chi connectivity index (χ1) is 12.5. The van der Waals surface area contributed by atoms with E-state index in [2.05, 4.69) is 5.10 Å². The van der Waals surface area contributed by atoms with Crippen LogP contribution in [-0.4, -0.2) is 33.8 Å². The van der Waals surface area contributed by atoms with Crippen LogP contribution in [-0.2, 0) is 20.9 Å². The minimum atomic E-state index is -0.357. The Bertz CT molecular complexity index is 880. The number of anilines is 1. The molecule has 5 rings (SSSR count). The zero-order valence-electron chi connectivity index (χ0n) is 13.6. The zero-order valence-corrected chi connectivity index (χ0v) is 15.2. The molecule has 3 aliphatic heterocycles. The van der Waals surface area contributed by atoms with Gasteiger partial charge in [-0.3, -0.25) is 14.3 Å². The van der Waals surface area contributed by atoms with Crippen LogP contribution in [0.15, 0.2) is 30.5 Å². The Balaban J connectivity index is 1.42. The standard InChI is InChI=1S/C18H15Cl2N3O3/c19-10-2-1-3-11(20)9(10)8-22-7-6-14(21-22)23-17(24)15-12-4-5-13(26-12)16(15)18(23)25/h1-3,6-7,12-13,15-16H,4-5,8H2/t12-,13+,15-,16-/m0/s1. The van der Waals surface area contributed by atoms with Crippen molar-refractivity contribution in [2.75, 3.05) is 4.90 Å². The van der Waals surface area contributed by atoms with Crippen LogP contribution >= 0.6 is 23.2 Å². The van der Waals surface area contributed by atoms with Crippen molar-refractivity contribution in [3.8, 4) is 0 Å². The first-order valence-electron chi connectivity index (χ1n) is 8.54. The van der Waals surface area contributed by atoms with Crippen LogP contribution in [0.5, 0.6) is 0 Å². The van der Waals surface area contributed by atoms with Crippen molar-refractivity contribution in [3.05, 3.63) is 46.1 Å². The van der Waals surface area contributed by atoms with Crippen molar-refractivity contribution >= 4 is 40.8 Å². The number of halogens is 2. The summed E-state index contributed by atoms with van der Waals surface area (Å²) in [6.07, 6.45) is 3.15. The number of rotatable bonds is 3. The van der Waals surface area contributed by atoms with Crippen LogP contribution in [0.4, 0.5) is 5.82 Å². The number of hydrogen-bond acceptors (Lipinski definition) is 4. The highest BCUT2D eigenvalue weighted by molar-refractivity contribution is 6.36. The Morgan fingerprint density at radius 1 is 1.04 bits per heavy atom. The van der Waals surface area contributed by atoms with Crippen LogP contribution in [0.25, 0.3) is 0 Å². The summed E-state index contributed by atoms with van der Waals surface area (Å²) in [5.74, 6) is -0.771. The Hall–Kier alpha value is -1.89. The van der Waals surface area contributed by atoms with Crippen LogP contribution in [0.2, 0.25) is 10.0 Å². The first-order valence-corrected chi connectivity index (χ1v) is 9.30. The Kier molecular flexibility index (Phi) is 3.64. The predicted molar refractivity (Wildman–Crippen MR) is 95.2 cm³/mol. The van der Waals surface area contributed by atoms with Gasteiger partial charge < -0.3 is 4.74 Å². The second kappa shape index (κ2) is 5.81. The van der Waals surface area contributed by atoms with E-state index in [9.17, 15) is 9.59 Å². The summed E-state index contributed by atoms with van der Waals surface area (Å²) in [5.41, 5.74) is 0.743. The van der Waals surface area contributed by atoms with Crippen molar-refractivity contribution in [3.63, 3.8) is 0 Å². The lowest BCUT2D eigenvalue weighted by Crippen LogP contribution is -2.34. The molecule has 8 heteroatoms. The van der Waals surface area contributed by atoms with Crippen LogP contribution in [0.3, 0.4) is 0 Å². The van der Waals surface area contributed by atoms with E-state index in [1.165, 1.54) is 4.90 Å². The maximum atomic E-state index is 12.8. The number of benzene rings is 1. The summed E-state index contributed by atoms with van der Waals surface area (Å²) < 4.78 is 7.38. The summed E-state index contributed by atoms with van der Waals surface area (Å²) in [5, 5.41) is 5.51. The van der Waals surface area contributed by atoms with Gasteiger partial charge in [-0.15, -0.1) is 0 Å². The molecule has 2 aromatic rings. The fraction of sp³-hybridized carbons (Fsp3) is 0.389. The lowest BCUT2D eigenvalue weighted by Gasteiger charge is -2.15. The second-order valence-corrected chi connectivity index (χ2v) is 7.74. The van der Waals surface area contributed by atoms with Crippen molar-refractivity contribution in [1.29, 1.82) is 0 Å². The van der Waals surface area contributed by atoms with E-state index in [1.807, 2.05) is 0 Å². The van der Waals surface area contributed by atoms with Crippen LogP contribution in [0.1, 0.15) is 18.4 Å². The van der Waals surface area contributed by atoms with E-state index >= 15 is 0 Å². The maximum absolute atomic E-state index is 12.8. The summed E-state index contributed by atoms with van der Waals surface area (Å²) >= 11 is 12.4. The monoisotopic (exact) mass is 391 g/mol. The molecule has 0 spiro atoms. The molecule has 0 saturated carbocycles. The zero-order chi connectivity index (χ0) is 18.0.